The lowest BCUT2D eigenvalue weighted by Crippen LogP contribution is -2.68. The van der Waals surface area contributed by atoms with Crippen molar-refractivity contribution in [2.24, 2.45) is 5.41 Å². The van der Waals surface area contributed by atoms with Crippen LogP contribution in [0.25, 0.3) is 0 Å². The third-order valence-corrected chi connectivity index (χ3v) is 4.53. The Bertz CT molecular complexity index is 529. The van der Waals surface area contributed by atoms with E-state index in [2.05, 4.69) is 23.7 Å². The summed E-state index contributed by atoms with van der Waals surface area (Å²) >= 11 is 0. The molecule has 2 heterocycles. The average Bonchev–Trinajstić information content (AvgIpc) is 2.42. The van der Waals surface area contributed by atoms with Gasteiger partial charge in [-0.05, 0) is 12.5 Å². The number of hydrogen-bond donors (Lipinski definition) is 1. The summed E-state index contributed by atoms with van der Waals surface area (Å²) in [5.41, 5.74) is 2.11. The molecule has 2 aliphatic heterocycles. The Kier molecular flexibility index (Phi) is 3.83. The van der Waals surface area contributed by atoms with Crippen LogP contribution >= 0.6 is 0 Å². The lowest BCUT2D eigenvalue weighted by Gasteiger charge is -2.57. The Morgan fingerprint density at radius 2 is 2.05 bits per heavy atom. The molecule has 3 rings (SSSR count). The second-order valence-corrected chi connectivity index (χ2v) is 6.27. The maximum absolute atomic E-state index is 12.2. The summed E-state index contributed by atoms with van der Waals surface area (Å²) in [6.07, 6.45) is 0. The Morgan fingerprint density at radius 1 is 1.38 bits per heavy atom. The van der Waals surface area contributed by atoms with E-state index < -0.39 is 0 Å². The number of likely N-dealkylation sites (tertiary alicyclic amines) is 1. The van der Waals surface area contributed by atoms with E-state index in [0.717, 1.165) is 31.9 Å². The monoisotopic (exact) mass is 286 g/mol. The fraction of sp³-hybridized carbons (Fsp3) is 0.471. The van der Waals surface area contributed by atoms with E-state index in [0.29, 0.717) is 17.5 Å². The molecular weight excluding hydrogens is 264 g/mol. The molecule has 1 aromatic rings. The molecular formula is C17H22N2O2. The molecule has 21 heavy (non-hydrogen) atoms. The molecule has 112 valence electrons. The number of rotatable bonds is 5. The molecule has 0 radical (unpaired) electrons. The smallest absolute Gasteiger partial charge is 0.248 e. The molecule has 1 N–H and O–H groups in total. The third kappa shape index (κ3) is 2.87. The number of amides is 1. The van der Waals surface area contributed by atoms with Gasteiger partial charge in [0, 0.05) is 36.7 Å². The molecule has 2 saturated heterocycles. The number of carbonyl (C=O) groups is 1. The quantitative estimate of drug-likeness (QED) is 0.836. The van der Waals surface area contributed by atoms with Crippen LogP contribution in [0.5, 0.6) is 0 Å². The van der Waals surface area contributed by atoms with Gasteiger partial charge in [0.15, 0.2) is 0 Å². The molecule has 1 amide bonds. The first kappa shape index (κ1) is 14.3. The molecule has 1 atom stereocenters. The summed E-state index contributed by atoms with van der Waals surface area (Å²) in [4.78, 5) is 14.5. The Hall–Kier alpha value is -1.65. The number of nitrogens with one attached hydrogen (secondary N) is 1. The van der Waals surface area contributed by atoms with E-state index in [1.54, 1.807) is 0 Å². The zero-order valence-corrected chi connectivity index (χ0v) is 12.5. The molecule has 0 aliphatic carbocycles. The molecule has 1 unspecified atom stereocenters. The molecule has 2 aliphatic rings. The second-order valence-electron chi connectivity index (χ2n) is 6.27. The summed E-state index contributed by atoms with van der Waals surface area (Å²) in [7, 11) is 0. The zero-order valence-electron chi connectivity index (χ0n) is 12.5. The first-order valence-corrected chi connectivity index (χ1v) is 7.42. The van der Waals surface area contributed by atoms with Crippen LogP contribution < -0.4 is 5.32 Å². The van der Waals surface area contributed by atoms with E-state index in [-0.39, 0.29) is 11.9 Å². The maximum atomic E-state index is 12.2. The van der Waals surface area contributed by atoms with Crippen molar-refractivity contribution in [3.8, 4) is 0 Å². The largest absolute Gasteiger partial charge is 0.380 e. The van der Waals surface area contributed by atoms with Gasteiger partial charge >= 0.3 is 0 Å². The number of carbonyl (C=O) groups excluding carboxylic acids is 1. The van der Waals surface area contributed by atoms with Gasteiger partial charge in [-0.1, -0.05) is 36.9 Å². The van der Waals surface area contributed by atoms with Crippen molar-refractivity contribution >= 4 is 5.91 Å². The number of ether oxygens (including phenoxy) is 1. The molecule has 1 aromatic carbocycles. The van der Waals surface area contributed by atoms with E-state index in [9.17, 15) is 4.79 Å². The Balaban J connectivity index is 1.47. The summed E-state index contributed by atoms with van der Waals surface area (Å²) in [6.45, 7) is 10.3. The number of nitrogens with zero attached hydrogens (tertiary/aromatic N) is 1. The molecule has 0 aromatic heterocycles. The minimum absolute atomic E-state index is 0.0582. The van der Waals surface area contributed by atoms with Crippen LogP contribution in [0.3, 0.4) is 0 Å². The molecule has 4 heteroatoms. The number of benzene rings is 1. The van der Waals surface area contributed by atoms with Gasteiger partial charge in [0.25, 0.3) is 0 Å². The summed E-state index contributed by atoms with van der Waals surface area (Å²) in [6, 6.07) is 10.0. The van der Waals surface area contributed by atoms with Gasteiger partial charge < -0.3 is 10.1 Å². The van der Waals surface area contributed by atoms with Crippen molar-refractivity contribution in [1.82, 2.24) is 10.2 Å². The Labute approximate surface area is 125 Å². The first-order valence-electron chi connectivity index (χ1n) is 7.42. The molecule has 0 saturated carbocycles. The first-order chi connectivity index (χ1) is 10.1. The van der Waals surface area contributed by atoms with Crippen LogP contribution in [0.15, 0.2) is 42.5 Å². The van der Waals surface area contributed by atoms with Crippen LogP contribution in [-0.4, -0.2) is 43.2 Å². The van der Waals surface area contributed by atoms with E-state index in [1.165, 1.54) is 0 Å². The van der Waals surface area contributed by atoms with Crippen LogP contribution in [0.4, 0.5) is 0 Å². The van der Waals surface area contributed by atoms with Crippen LogP contribution in [-0.2, 0) is 16.1 Å². The predicted octanol–water partition coefficient (Wildman–Crippen LogP) is 1.58. The topological polar surface area (TPSA) is 41.6 Å². The van der Waals surface area contributed by atoms with Gasteiger partial charge in [-0.25, -0.2) is 0 Å². The number of hydrogen-bond acceptors (Lipinski definition) is 3. The van der Waals surface area contributed by atoms with Gasteiger partial charge in [-0.15, -0.1) is 0 Å². The summed E-state index contributed by atoms with van der Waals surface area (Å²) in [5, 5.41) is 2.94. The van der Waals surface area contributed by atoms with Crippen LogP contribution in [0, 0.1) is 5.41 Å². The lowest BCUT2D eigenvalue weighted by atomic mass is 9.76. The van der Waals surface area contributed by atoms with Crippen LogP contribution in [0.1, 0.15) is 12.5 Å². The summed E-state index contributed by atoms with van der Waals surface area (Å²) in [5.74, 6) is -0.0582. The molecule has 1 spiro atoms. The highest BCUT2D eigenvalue weighted by atomic mass is 16.5. The SMILES string of the molecule is C=C(C(=O)NCc1ccccc1)C(C)N1CC2(COC2)C1. The van der Waals surface area contributed by atoms with Gasteiger partial charge in [0.1, 0.15) is 0 Å². The minimum Gasteiger partial charge on any atom is -0.380 e. The normalized spacial score (nSPS) is 21.2. The van der Waals surface area contributed by atoms with Crippen molar-refractivity contribution < 1.29 is 9.53 Å². The van der Waals surface area contributed by atoms with Crippen molar-refractivity contribution in [1.29, 1.82) is 0 Å². The summed E-state index contributed by atoms with van der Waals surface area (Å²) < 4.78 is 5.28. The highest BCUT2D eigenvalue weighted by Gasteiger charge is 2.50. The van der Waals surface area contributed by atoms with Crippen molar-refractivity contribution in [3.63, 3.8) is 0 Å². The van der Waals surface area contributed by atoms with Gasteiger partial charge in [0.05, 0.1) is 13.2 Å². The standard InChI is InChI=1S/C17H22N2O2/c1-13(14(2)19-9-17(10-19)11-21-12-17)16(20)18-8-15-6-4-3-5-7-15/h3-7,14H,1,8-12H2,2H3,(H,18,20). The average molecular weight is 286 g/mol. The second kappa shape index (κ2) is 5.62. The fourth-order valence-corrected chi connectivity index (χ4v) is 2.96. The van der Waals surface area contributed by atoms with Gasteiger partial charge in [-0.3, -0.25) is 9.69 Å². The van der Waals surface area contributed by atoms with Gasteiger partial charge in [0.2, 0.25) is 5.91 Å². The van der Waals surface area contributed by atoms with Crippen molar-refractivity contribution in [2.45, 2.75) is 19.5 Å². The zero-order chi connectivity index (χ0) is 14.9. The van der Waals surface area contributed by atoms with Gasteiger partial charge in [-0.2, -0.15) is 0 Å². The third-order valence-electron chi connectivity index (χ3n) is 4.53. The highest BCUT2D eigenvalue weighted by Crippen LogP contribution is 2.39. The minimum atomic E-state index is -0.0582. The Morgan fingerprint density at radius 3 is 2.62 bits per heavy atom. The van der Waals surface area contributed by atoms with E-state index in [1.807, 2.05) is 30.3 Å². The maximum Gasteiger partial charge on any atom is 0.248 e. The van der Waals surface area contributed by atoms with Crippen molar-refractivity contribution in [2.75, 3.05) is 26.3 Å². The fourth-order valence-electron chi connectivity index (χ4n) is 2.96. The lowest BCUT2D eigenvalue weighted by molar-refractivity contribution is -0.194. The van der Waals surface area contributed by atoms with Crippen molar-refractivity contribution in [3.05, 3.63) is 48.0 Å². The predicted molar refractivity (Wildman–Crippen MR) is 81.7 cm³/mol. The molecule has 0 bridgehead atoms. The highest BCUT2D eigenvalue weighted by molar-refractivity contribution is 5.93. The van der Waals surface area contributed by atoms with E-state index in [4.69, 9.17) is 4.74 Å². The molecule has 4 nitrogen and oxygen atoms in total. The van der Waals surface area contributed by atoms with E-state index >= 15 is 0 Å². The van der Waals surface area contributed by atoms with Crippen LogP contribution in [0.2, 0.25) is 0 Å². The molecule has 2 fully saturated rings.